The third-order valence-corrected chi connectivity index (χ3v) is 6.31. The Hall–Kier alpha value is -4.10. The first kappa shape index (κ1) is 26.5. The number of hydrogen-bond acceptors (Lipinski definition) is 10. The van der Waals surface area contributed by atoms with E-state index in [1.54, 1.807) is 25.3 Å². The van der Waals surface area contributed by atoms with Gasteiger partial charge < -0.3 is 20.1 Å². The van der Waals surface area contributed by atoms with Crippen molar-refractivity contribution in [2.24, 2.45) is 0 Å². The molecule has 0 bridgehead atoms. The lowest BCUT2D eigenvalue weighted by atomic mass is 10.1. The van der Waals surface area contributed by atoms with Gasteiger partial charge in [-0.2, -0.15) is 4.98 Å². The molecule has 0 unspecified atom stereocenters. The van der Waals surface area contributed by atoms with Crippen LogP contribution in [0.15, 0.2) is 42.6 Å². The second-order valence-electron chi connectivity index (χ2n) is 7.61. The molecule has 3 rings (SSSR count). The predicted octanol–water partition coefficient (Wildman–Crippen LogP) is 2.98. The molecule has 0 fully saturated rings. The number of anilines is 5. The molecule has 0 aliphatic rings. The van der Waals surface area contributed by atoms with E-state index in [4.69, 9.17) is 14.3 Å². The van der Waals surface area contributed by atoms with Gasteiger partial charge in [-0.3, -0.25) is 13.9 Å². The number of hydrogen-bond donors (Lipinski definition) is 3. The minimum atomic E-state index is -3.65. The Morgan fingerprint density at radius 1 is 1.00 bits per heavy atom. The van der Waals surface area contributed by atoms with E-state index in [-0.39, 0.29) is 17.3 Å². The Morgan fingerprint density at radius 2 is 1.75 bits per heavy atom. The zero-order valence-corrected chi connectivity index (χ0v) is 21.6. The quantitative estimate of drug-likeness (QED) is 0.344. The molecule has 2 heterocycles. The number of pyridine rings is 2. The van der Waals surface area contributed by atoms with Gasteiger partial charge in [-0.25, -0.2) is 18.9 Å². The number of para-hydroxylation sites is 1. The van der Waals surface area contributed by atoms with Crippen molar-refractivity contribution in [3.05, 3.63) is 53.7 Å². The standard InChI is InChI=1S/C23H28N6O6S/c1-14-8-7-9-16(21(14)34-4)26-19-12-18(15(13-24-19)23(30)28-35-5)25-17-10-11-20(33-3)27-22(17)29(2)36(6,31)32/h7-13H,1-6H3,(H,28,30)(H2,24,25,26). The number of sulfonamides is 1. The lowest BCUT2D eigenvalue weighted by molar-refractivity contribution is 0.0538. The van der Waals surface area contributed by atoms with Gasteiger partial charge in [-0.15, -0.1) is 0 Å². The number of nitrogens with zero attached hydrogens (tertiary/aromatic N) is 3. The summed E-state index contributed by atoms with van der Waals surface area (Å²) in [6.45, 7) is 1.92. The fourth-order valence-corrected chi connectivity index (χ4v) is 3.75. The molecule has 0 aliphatic heterocycles. The number of carbonyl (C=O) groups excluding carboxylic acids is 1. The van der Waals surface area contributed by atoms with Gasteiger partial charge in [-0.05, 0) is 24.6 Å². The van der Waals surface area contributed by atoms with E-state index in [1.165, 1.54) is 27.5 Å². The molecule has 3 N–H and O–H groups in total. The number of ether oxygens (including phenoxy) is 2. The number of carbonyl (C=O) groups is 1. The van der Waals surface area contributed by atoms with Gasteiger partial charge in [0.05, 0.1) is 50.2 Å². The summed E-state index contributed by atoms with van der Waals surface area (Å²) in [4.78, 5) is 26.0. The van der Waals surface area contributed by atoms with Crippen molar-refractivity contribution < 1.29 is 27.5 Å². The van der Waals surface area contributed by atoms with Gasteiger partial charge in [-0.1, -0.05) is 12.1 Å². The SMILES string of the molecule is CONC(=O)c1cnc(Nc2cccc(C)c2OC)cc1Nc1ccc(OC)nc1N(C)S(C)(=O)=O. The first-order chi connectivity index (χ1) is 17.1. The summed E-state index contributed by atoms with van der Waals surface area (Å²) in [5.41, 5.74) is 4.62. The van der Waals surface area contributed by atoms with Crippen LogP contribution in [-0.2, 0) is 14.9 Å². The molecule has 1 aromatic carbocycles. The number of aromatic nitrogens is 2. The Kier molecular flexibility index (Phi) is 8.17. The van der Waals surface area contributed by atoms with E-state index in [0.29, 0.717) is 28.6 Å². The van der Waals surface area contributed by atoms with Crippen molar-refractivity contribution in [3.63, 3.8) is 0 Å². The first-order valence-electron chi connectivity index (χ1n) is 10.6. The van der Waals surface area contributed by atoms with E-state index in [1.807, 2.05) is 25.1 Å². The molecule has 3 aromatic rings. The lowest BCUT2D eigenvalue weighted by Gasteiger charge is -2.21. The summed E-state index contributed by atoms with van der Waals surface area (Å²) in [5.74, 6) is 0.765. The minimum absolute atomic E-state index is 0.0709. The Morgan fingerprint density at radius 3 is 2.39 bits per heavy atom. The van der Waals surface area contributed by atoms with Crippen LogP contribution in [0.25, 0.3) is 0 Å². The highest BCUT2D eigenvalue weighted by molar-refractivity contribution is 7.92. The van der Waals surface area contributed by atoms with Crippen molar-refractivity contribution in [2.45, 2.75) is 6.92 Å². The normalized spacial score (nSPS) is 10.9. The predicted molar refractivity (Wildman–Crippen MR) is 137 cm³/mol. The number of aryl methyl sites for hydroxylation is 1. The van der Waals surface area contributed by atoms with Gasteiger partial charge in [0.25, 0.3) is 5.91 Å². The zero-order chi connectivity index (χ0) is 26.5. The second-order valence-corrected chi connectivity index (χ2v) is 9.63. The topological polar surface area (TPSA) is 144 Å². The number of amides is 1. The maximum Gasteiger partial charge on any atom is 0.278 e. The summed E-state index contributed by atoms with van der Waals surface area (Å²) in [7, 11) is 2.02. The van der Waals surface area contributed by atoms with Crippen molar-refractivity contribution in [1.29, 1.82) is 0 Å². The van der Waals surface area contributed by atoms with Gasteiger partial charge in [0.2, 0.25) is 15.9 Å². The van der Waals surface area contributed by atoms with Crippen LogP contribution >= 0.6 is 0 Å². The first-order valence-corrected chi connectivity index (χ1v) is 12.4. The molecule has 0 aliphatic carbocycles. The molecule has 0 spiro atoms. The number of methoxy groups -OCH3 is 2. The Labute approximate surface area is 209 Å². The molecular weight excluding hydrogens is 488 g/mol. The Bertz CT molecular complexity index is 1370. The van der Waals surface area contributed by atoms with Crippen LogP contribution in [-0.4, -0.2) is 58.9 Å². The van der Waals surface area contributed by atoms with Crippen LogP contribution in [0.1, 0.15) is 15.9 Å². The maximum absolute atomic E-state index is 12.7. The highest BCUT2D eigenvalue weighted by Crippen LogP contribution is 2.34. The van der Waals surface area contributed by atoms with E-state index in [9.17, 15) is 13.2 Å². The summed E-state index contributed by atoms with van der Waals surface area (Å²) < 4.78 is 36.2. The third kappa shape index (κ3) is 5.93. The van der Waals surface area contributed by atoms with Crippen molar-refractivity contribution >= 4 is 44.6 Å². The largest absolute Gasteiger partial charge is 0.494 e. The van der Waals surface area contributed by atoms with Gasteiger partial charge in [0.15, 0.2) is 5.82 Å². The third-order valence-electron chi connectivity index (χ3n) is 5.15. The molecule has 12 nitrogen and oxygen atoms in total. The smallest absolute Gasteiger partial charge is 0.278 e. The van der Waals surface area contributed by atoms with Crippen molar-refractivity contribution in [1.82, 2.24) is 15.4 Å². The molecule has 0 radical (unpaired) electrons. The fraction of sp³-hybridized carbons (Fsp3) is 0.261. The summed E-state index contributed by atoms with van der Waals surface area (Å²) in [6.07, 6.45) is 2.41. The molecular formula is C23H28N6O6S. The van der Waals surface area contributed by atoms with Crippen LogP contribution in [0.2, 0.25) is 0 Å². The lowest BCUT2D eigenvalue weighted by Crippen LogP contribution is -2.27. The minimum Gasteiger partial charge on any atom is -0.494 e. The van der Waals surface area contributed by atoms with E-state index >= 15 is 0 Å². The van der Waals surface area contributed by atoms with Crippen LogP contribution in [0, 0.1) is 6.92 Å². The van der Waals surface area contributed by atoms with E-state index in [2.05, 4.69) is 26.1 Å². The molecule has 36 heavy (non-hydrogen) atoms. The second kappa shape index (κ2) is 11.1. The molecule has 2 aromatic heterocycles. The van der Waals surface area contributed by atoms with Crippen LogP contribution in [0.4, 0.5) is 28.7 Å². The molecule has 0 atom stereocenters. The van der Waals surface area contributed by atoms with Crippen molar-refractivity contribution in [3.8, 4) is 11.6 Å². The average molecular weight is 517 g/mol. The average Bonchev–Trinajstić information content (AvgIpc) is 2.83. The van der Waals surface area contributed by atoms with Crippen LogP contribution in [0.5, 0.6) is 11.6 Å². The number of nitrogens with one attached hydrogen (secondary N) is 3. The molecule has 192 valence electrons. The van der Waals surface area contributed by atoms with Gasteiger partial charge >= 0.3 is 0 Å². The van der Waals surface area contributed by atoms with Gasteiger partial charge in [0.1, 0.15) is 11.6 Å². The number of hydroxylamine groups is 1. The van der Waals surface area contributed by atoms with Crippen LogP contribution in [0.3, 0.4) is 0 Å². The van der Waals surface area contributed by atoms with E-state index in [0.717, 1.165) is 16.1 Å². The zero-order valence-electron chi connectivity index (χ0n) is 20.7. The highest BCUT2D eigenvalue weighted by Gasteiger charge is 2.21. The monoisotopic (exact) mass is 516 g/mol. The fourth-order valence-electron chi connectivity index (χ4n) is 3.30. The number of benzene rings is 1. The van der Waals surface area contributed by atoms with Gasteiger partial charge in [0, 0.05) is 25.4 Å². The summed E-state index contributed by atoms with van der Waals surface area (Å²) >= 11 is 0. The van der Waals surface area contributed by atoms with E-state index < -0.39 is 15.9 Å². The Balaban J connectivity index is 2.10. The molecule has 0 saturated carbocycles. The number of rotatable bonds is 10. The summed E-state index contributed by atoms with van der Waals surface area (Å²) in [5, 5.41) is 6.29. The molecule has 1 amide bonds. The highest BCUT2D eigenvalue weighted by atomic mass is 32.2. The maximum atomic E-state index is 12.7. The molecule has 0 saturated heterocycles. The summed E-state index contributed by atoms with van der Waals surface area (Å²) in [6, 6.07) is 10.4. The molecule has 13 heteroatoms. The van der Waals surface area contributed by atoms with Crippen LogP contribution < -0.4 is 29.9 Å². The van der Waals surface area contributed by atoms with Crippen molar-refractivity contribution in [2.75, 3.05) is 49.6 Å².